The molecule has 0 radical (unpaired) electrons. The average molecular weight is 279 g/mol. The number of fused-ring (bicyclic) bond motifs is 1. The monoisotopic (exact) mass is 279 g/mol. The zero-order valence-corrected chi connectivity index (χ0v) is 11.2. The maximum absolute atomic E-state index is 10.2. The molecule has 3 N–H and O–H groups in total. The SMILES string of the molecule is N=C1C(c2nc3ccccc3[nH]2)=C(O)CN1C1=NC=CC1. The second-order valence-electron chi connectivity index (χ2n) is 4.99. The molecule has 0 fully saturated rings. The van der Waals surface area contributed by atoms with Crippen molar-refractivity contribution in [3.8, 4) is 0 Å². The Kier molecular flexibility index (Phi) is 2.44. The molecule has 21 heavy (non-hydrogen) atoms. The van der Waals surface area contributed by atoms with Gasteiger partial charge in [0, 0.05) is 12.6 Å². The van der Waals surface area contributed by atoms with Gasteiger partial charge in [-0.05, 0) is 12.1 Å². The van der Waals surface area contributed by atoms with Gasteiger partial charge in [0.25, 0.3) is 0 Å². The Labute approximate surface area is 120 Å². The fraction of sp³-hybridized carbons (Fsp3) is 0.133. The van der Waals surface area contributed by atoms with E-state index in [1.807, 2.05) is 30.3 Å². The zero-order chi connectivity index (χ0) is 14.4. The van der Waals surface area contributed by atoms with Crippen molar-refractivity contribution in [2.75, 3.05) is 6.54 Å². The van der Waals surface area contributed by atoms with E-state index >= 15 is 0 Å². The van der Waals surface area contributed by atoms with E-state index in [9.17, 15) is 5.11 Å². The molecular formula is C15H13N5O. The van der Waals surface area contributed by atoms with Crippen LogP contribution in [-0.4, -0.2) is 38.2 Å². The van der Waals surface area contributed by atoms with Gasteiger partial charge in [0.15, 0.2) is 0 Å². The summed E-state index contributed by atoms with van der Waals surface area (Å²) in [6.07, 6.45) is 4.33. The van der Waals surface area contributed by atoms with Crippen LogP contribution in [0.1, 0.15) is 12.2 Å². The highest BCUT2D eigenvalue weighted by Gasteiger charge is 2.33. The highest BCUT2D eigenvalue weighted by atomic mass is 16.3. The van der Waals surface area contributed by atoms with E-state index in [0.717, 1.165) is 16.9 Å². The average Bonchev–Trinajstić information content (AvgIpc) is 3.17. The van der Waals surface area contributed by atoms with Crippen LogP contribution in [0.25, 0.3) is 16.6 Å². The molecule has 0 saturated heterocycles. The van der Waals surface area contributed by atoms with Crippen molar-refractivity contribution in [1.29, 1.82) is 5.41 Å². The first-order valence-electron chi connectivity index (χ1n) is 6.69. The summed E-state index contributed by atoms with van der Waals surface area (Å²) in [5.74, 6) is 1.67. The molecule has 0 aliphatic carbocycles. The topological polar surface area (TPSA) is 88.4 Å². The number of amidine groups is 2. The lowest BCUT2D eigenvalue weighted by molar-refractivity contribution is 0.386. The largest absolute Gasteiger partial charge is 0.509 e. The molecule has 0 amide bonds. The number of nitrogens with one attached hydrogen (secondary N) is 2. The lowest BCUT2D eigenvalue weighted by atomic mass is 10.2. The van der Waals surface area contributed by atoms with Crippen LogP contribution in [-0.2, 0) is 0 Å². The van der Waals surface area contributed by atoms with Crippen molar-refractivity contribution in [3.63, 3.8) is 0 Å². The molecule has 1 aromatic heterocycles. The summed E-state index contributed by atoms with van der Waals surface area (Å²) in [7, 11) is 0. The molecule has 3 heterocycles. The molecule has 0 bridgehead atoms. The Balaban J connectivity index is 1.74. The van der Waals surface area contributed by atoms with Crippen molar-refractivity contribution in [3.05, 3.63) is 48.1 Å². The lowest BCUT2D eigenvalue weighted by Gasteiger charge is -2.17. The molecule has 0 atom stereocenters. The molecule has 2 aliphatic rings. The standard InChI is InChI=1S/C15H13N5O/c16-14-13(11(21)8-20(14)12-6-3-7-17-12)15-18-9-4-1-2-5-10(9)19-15/h1-5,7,16,21H,6,8H2,(H,18,19). The minimum absolute atomic E-state index is 0.147. The number of aliphatic hydroxyl groups excluding tert-OH is 1. The van der Waals surface area contributed by atoms with E-state index < -0.39 is 0 Å². The number of aromatic nitrogens is 2. The molecule has 104 valence electrons. The molecule has 4 rings (SSSR count). The number of benzene rings is 1. The smallest absolute Gasteiger partial charge is 0.145 e. The van der Waals surface area contributed by atoms with Crippen LogP contribution in [0.4, 0.5) is 0 Å². The molecule has 2 aromatic rings. The van der Waals surface area contributed by atoms with Gasteiger partial charge in [-0.3, -0.25) is 5.41 Å². The van der Waals surface area contributed by atoms with Crippen molar-refractivity contribution in [1.82, 2.24) is 14.9 Å². The number of H-pyrrole nitrogens is 1. The number of aromatic amines is 1. The molecule has 0 saturated carbocycles. The number of imidazole rings is 1. The Morgan fingerprint density at radius 1 is 1.29 bits per heavy atom. The highest BCUT2D eigenvalue weighted by Crippen LogP contribution is 2.28. The van der Waals surface area contributed by atoms with Gasteiger partial charge in [0.1, 0.15) is 23.3 Å². The zero-order valence-electron chi connectivity index (χ0n) is 11.2. The first kappa shape index (κ1) is 11.9. The molecule has 2 aliphatic heterocycles. The van der Waals surface area contributed by atoms with E-state index in [2.05, 4.69) is 15.0 Å². The summed E-state index contributed by atoms with van der Waals surface area (Å²) in [5.41, 5.74) is 2.15. The van der Waals surface area contributed by atoms with Gasteiger partial charge < -0.3 is 15.0 Å². The second-order valence-corrected chi connectivity index (χ2v) is 4.99. The van der Waals surface area contributed by atoms with Crippen LogP contribution in [0.15, 0.2) is 47.3 Å². The Morgan fingerprint density at radius 2 is 2.14 bits per heavy atom. The summed E-state index contributed by atoms with van der Waals surface area (Å²) < 4.78 is 0. The Morgan fingerprint density at radius 3 is 2.90 bits per heavy atom. The van der Waals surface area contributed by atoms with Crippen molar-refractivity contribution < 1.29 is 5.11 Å². The lowest BCUT2D eigenvalue weighted by Crippen LogP contribution is -2.32. The normalized spacial score (nSPS) is 18.2. The fourth-order valence-corrected chi connectivity index (χ4v) is 2.65. The molecule has 6 nitrogen and oxygen atoms in total. The van der Waals surface area contributed by atoms with E-state index in [1.54, 1.807) is 11.1 Å². The number of aliphatic hydroxyl groups is 1. The molecule has 1 aromatic carbocycles. The van der Waals surface area contributed by atoms with E-state index in [-0.39, 0.29) is 18.1 Å². The predicted octanol–water partition coefficient (Wildman–Crippen LogP) is 2.44. The number of hydrogen-bond acceptors (Lipinski definition) is 4. The van der Waals surface area contributed by atoms with Crippen molar-refractivity contribution in [2.24, 2.45) is 4.99 Å². The summed E-state index contributed by atoms with van der Waals surface area (Å²) in [6, 6.07) is 7.65. The van der Waals surface area contributed by atoms with Gasteiger partial charge in [-0.2, -0.15) is 0 Å². The molecule has 0 unspecified atom stereocenters. The van der Waals surface area contributed by atoms with Gasteiger partial charge in [-0.15, -0.1) is 0 Å². The molecule has 0 spiro atoms. The molecule has 6 heteroatoms. The fourth-order valence-electron chi connectivity index (χ4n) is 2.65. The first-order valence-corrected chi connectivity index (χ1v) is 6.69. The summed E-state index contributed by atoms with van der Waals surface area (Å²) in [5, 5.41) is 18.5. The Hall–Kier alpha value is -2.89. The van der Waals surface area contributed by atoms with Gasteiger partial charge in [0.05, 0.1) is 23.2 Å². The van der Waals surface area contributed by atoms with E-state index in [1.165, 1.54) is 0 Å². The van der Waals surface area contributed by atoms with Gasteiger partial charge in [-0.25, -0.2) is 9.98 Å². The van der Waals surface area contributed by atoms with Crippen LogP contribution in [0.5, 0.6) is 0 Å². The summed E-state index contributed by atoms with van der Waals surface area (Å²) in [4.78, 5) is 13.6. The van der Waals surface area contributed by atoms with E-state index in [4.69, 9.17) is 5.41 Å². The molecular weight excluding hydrogens is 266 g/mol. The summed E-state index contributed by atoms with van der Waals surface area (Å²) in [6.45, 7) is 0.270. The minimum atomic E-state index is 0.147. The number of rotatable bonds is 1. The van der Waals surface area contributed by atoms with Crippen LogP contribution >= 0.6 is 0 Å². The van der Waals surface area contributed by atoms with Crippen LogP contribution in [0, 0.1) is 5.41 Å². The van der Waals surface area contributed by atoms with E-state index in [0.29, 0.717) is 17.8 Å². The van der Waals surface area contributed by atoms with Crippen molar-refractivity contribution in [2.45, 2.75) is 6.42 Å². The van der Waals surface area contributed by atoms with Gasteiger partial charge >= 0.3 is 0 Å². The number of para-hydroxylation sites is 2. The quantitative estimate of drug-likeness (QED) is 0.749. The third kappa shape index (κ3) is 1.76. The van der Waals surface area contributed by atoms with Gasteiger partial charge in [-0.1, -0.05) is 18.2 Å². The Bertz CT molecular complexity index is 810. The third-order valence-electron chi connectivity index (χ3n) is 3.67. The first-order chi connectivity index (χ1) is 10.2. The van der Waals surface area contributed by atoms with Crippen LogP contribution in [0.2, 0.25) is 0 Å². The van der Waals surface area contributed by atoms with Crippen LogP contribution < -0.4 is 0 Å². The highest BCUT2D eigenvalue weighted by molar-refractivity contribution is 6.28. The maximum Gasteiger partial charge on any atom is 0.145 e. The summed E-state index contributed by atoms with van der Waals surface area (Å²) >= 11 is 0. The third-order valence-corrected chi connectivity index (χ3v) is 3.67. The van der Waals surface area contributed by atoms with Crippen molar-refractivity contribution >= 4 is 28.3 Å². The number of nitrogens with zero attached hydrogens (tertiary/aromatic N) is 3. The van der Waals surface area contributed by atoms with Gasteiger partial charge in [0.2, 0.25) is 0 Å². The maximum atomic E-state index is 10.2. The number of aliphatic imine (C=N–C) groups is 1. The second kappa shape index (κ2) is 4.31. The predicted molar refractivity (Wildman–Crippen MR) is 81.3 cm³/mol. The van der Waals surface area contributed by atoms with Crippen LogP contribution in [0.3, 0.4) is 0 Å². The minimum Gasteiger partial charge on any atom is -0.509 e. The number of hydrogen-bond donors (Lipinski definition) is 3.